The number of rotatable bonds is 6. The number of hydrogen-bond acceptors (Lipinski definition) is 6. The van der Waals surface area contributed by atoms with Gasteiger partial charge in [-0.3, -0.25) is 14.9 Å². The van der Waals surface area contributed by atoms with Gasteiger partial charge >= 0.3 is 0 Å². The molecule has 1 atom stereocenters. The number of carbonyl (C=O) groups is 1. The lowest BCUT2D eigenvalue weighted by atomic mass is 10.1. The van der Waals surface area contributed by atoms with Gasteiger partial charge in [-0.2, -0.15) is 0 Å². The molecule has 8 heteroatoms. The van der Waals surface area contributed by atoms with Crippen molar-refractivity contribution in [3.8, 4) is 5.75 Å². The Bertz CT molecular complexity index is 1290. The molecule has 0 saturated carbocycles. The number of ether oxygens (including phenoxy) is 2. The maximum absolute atomic E-state index is 13.5. The van der Waals surface area contributed by atoms with E-state index in [9.17, 15) is 14.9 Å². The lowest BCUT2D eigenvalue weighted by Crippen LogP contribution is -2.39. The highest BCUT2D eigenvalue weighted by Crippen LogP contribution is 2.38. The third-order valence-corrected chi connectivity index (χ3v) is 6.32. The van der Waals surface area contributed by atoms with Crippen molar-refractivity contribution in [3.05, 3.63) is 92.5 Å². The summed E-state index contributed by atoms with van der Waals surface area (Å²) in [6.07, 6.45) is 0.821. The van der Waals surface area contributed by atoms with Gasteiger partial charge in [0.15, 0.2) is 0 Å². The zero-order valence-electron chi connectivity index (χ0n) is 19.0. The molecule has 3 aromatic rings. The number of anilines is 2. The van der Waals surface area contributed by atoms with Crippen LogP contribution < -0.4 is 15.0 Å². The van der Waals surface area contributed by atoms with Crippen molar-refractivity contribution in [2.24, 2.45) is 0 Å². The Morgan fingerprint density at radius 1 is 1.12 bits per heavy atom. The lowest BCUT2D eigenvalue weighted by Gasteiger charge is -2.22. The average Bonchev–Trinajstić information content (AvgIpc) is 3.14. The summed E-state index contributed by atoms with van der Waals surface area (Å²) in [6, 6.07) is 16.6. The van der Waals surface area contributed by atoms with Gasteiger partial charge in [0.25, 0.3) is 11.6 Å². The monoisotopic (exact) mass is 459 g/mol. The molecule has 5 rings (SSSR count). The highest BCUT2D eigenvalue weighted by Gasteiger charge is 2.37. The van der Waals surface area contributed by atoms with Gasteiger partial charge in [-0.1, -0.05) is 18.2 Å². The van der Waals surface area contributed by atoms with Crippen molar-refractivity contribution in [2.75, 3.05) is 23.9 Å². The van der Waals surface area contributed by atoms with E-state index >= 15 is 0 Å². The minimum Gasteiger partial charge on any atom is -0.489 e. The molecular formula is C26H25N3O5. The van der Waals surface area contributed by atoms with Crippen molar-refractivity contribution in [2.45, 2.75) is 32.6 Å². The largest absolute Gasteiger partial charge is 0.489 e. The van der Waals surface area contributed by atoms with E-state index in [1.165, 1.54) is 17.7 Å². The number of non-ortho nitro benzene ring substituents is 1. The molecule has 174 valence electrons. The van der Waals surface area contributed by atoms with E-state index < -0.39 is 4.92 Å². The SMILES string of the molecule is COCc1cc(COc2cc3c(cc2C)C(=O)N2c4ccccc4C[C@H]2CN3)cc([N+](=O)[O-])c1. The fraction of sp³-hybridized carbons (Fsp3) is 0.269. The number of fused-ring (bicyclic) bond motifs is 4. The number of amides is 1. The molecule has 2 aliphatic rings. The number of nitro benzene ring substituents is 1. The minimum atomic E-state index is -0.420. The number of para-hydroxylation sites is 1. The van der Waals surface area contributed by atoms with E-state index in [-0.39, 0.29) is 30.9 Å². The van der Waals surface area contributed by atoms with Crippen LogP contribution >= 0.6 is 0 Å². The van der Waals surface area contributed by atoms with Gasteiger partial charge in [-0.05, 0) is 53.8 Å². The van der Waals surface area contributed by atoms with Crippen LogP contribution in [0.3, 0.4) is 0 Å². The number of benzene rings is 3. The smallest absolute Gasteiger partial charge is 0.270 e. The molecule has 0 radical (unpaired) electrons. The van der Waals surface area contributed by atoms with Crippen molar-refractivity contribution in [1.29, 1.82) is 0 Å². The maximum atomic E-state index is 13.5. The second-order valence-corrected chi connectivity index (χ2v) is 8.69. The standard InChI is InChI=1S/C26H25N3O5/c1-16-7-22-23(27-13-21-11-19-5-3-4-6-24(19)28(21)26(22)30)12-25(16)34-15-18-8-17(14-33-2)9-20(10-18)29(31)32/h3-10,12,21,27H,11,13-15H2,1-2H3/t21-/m0/s1. The van der Waals surface area contributed by atoms with E-state index in [2.05, 4.69) is 11.4 Å². The molecule has 3 aromatic carbocycles. The number of nitro groups is 1. The highest BCUT2D eigenvalue weighted by atomic mass is 16.6. The van der Waals surface area contributed by atoms with E-state index in [1.54, 1.807) is 7.11 Å². The van der Waals surface area contributed by atoms with Crippen LogP contribution in [0.2, 0.25) is 0 Å². The molecule has 1 amide bonds. The first kappa shape index (κ1) is 21.9. The van der Waals surface area contributed by atoms with Gasteiger partial charge in [0.05, 0.1) is 28.8 Å². The van der Waals surface area contributed by atoms with Gasteiger partial charge < -0.3 is 19.7 Å². The van der Waals surface area contributed by atoms with Crippen LogP contribution in [0, 0.1) is 17.0 Å². The third kappa shape index (κ3) is 3.97. The Labute approximate surface area is 197 Å². The van der Waals surface area contributed by atoms with E-state index in [4.69, 9.17) is 9.47 Å². The van der Waals surface area contributed by atoms with Crippen LogP contribution in [-0.2, 0) is 24.4 Å². The molecule has 8 nitrogen and oxygen atoms in total. The second-order valence-electron chi connectivity index (χ2n) is 8.69. The van der Waals surface area contributed by atoms with Crippen LogP contribution in [0.1, 0.15) is 32.6 Å². The number of methoxy groups -OCH3 is 1. The van der Waals surface area contributed by atoms with Crippen LogP contribution in [0.4, 0.5) is 17.1 Å². The molecule has 2 heterocycles. The zero-order valence-corrected chi connectivity index (χ0v) is 19.0. The Hall–Kier alpha value is -3.91. The van der Waals surface area contributed by atoms with Crippen LogP contribution in [0.5, 0.6) is 5.75 Å². The summed E-state index contributed by atoms with van der Waals surface area (Å²) in [5.41, 5.74) is 5.72. The fourth-order valence-electron chi connectivity index (χ4n) is 4.77. The van der Waals surface area contributed by atoms with E-state index in [1.807, 2.05) is 48.2 Å². The van der Waals surface area contributed by atoms with Crippen molar-refractivity contribution in [3.63, 3.8) is 0 Å². The Kier molecular flexibility index (Phi) is 5.67. The van der Waals surface area contributed by atoms with Crippen molar-refractivity contribution in [1.82, 2.24) is 0 Å². The Morgan fingerprint density at radius 2 is 1.88 bits per heavy atom. The van der Waals surface area contributed by atoms with Gasteiger partial charge in [0.2, 0.25) is 0 Å². The first-order valence-corrected chi connectivity index (χ1v) is 11.1. The molecule has 0 unspecified atom stereocenters. The molecule has 0 bridgehead atoms. The van der Waals surface area contributed by atoms with Crippen molar-refractivity contribution < 1.29 is 19.2 Å². The van der Waals surface area contributed by atoms with Gasteiger partial charge in [0.1, 0.15) is 12.4 Å². The summed E-state index contributed by atoms with van der Waals surface area (Å²) in [5.74, 6) is 0.605. The van der Waals surface area contributed by atoms with E-state index in [0.717, 1.165) is 23.4 Å². The predicted octanol–water partition coefficient (Wildman–Crippen LogP) is 4.63. The molecule has 1 N–H and O–H groups in total. The molecule has 0 aromatic heterocycles. The highest BCUT2D eigenvalue weighted by molar-refractivity contribution is 6.12. The molecule has 0 aliphatic carbocycles. The summed E-state index contributed by atoms with van der Waals surface area (Å²) in [7, 11) is 1.55. The third-order valence-electron chi connectivity index (χ3n) is 6.32. The summed E-state index contributed by atoms with van der Waals surface area (Å²) in [4.78, 5) is 26.3. The zero-order chi connectivity index (χ0) is 23.8. The normalized spacial score (nSPS) is 16.2. The first-order chi connectivity index (χ1) is 16.4. The second kappa shape index (κ2) is 8.79. The summed E-state index contributed by atoms with van der Waals surface area (Å²) < 4.78 is 11.2. The number of nitrogens with one attached hydrogen (secondary N) is 1. The van der Waals surface area contributed by atoms with Crippen LogP contribution in [0.15, 0.2) is 54.6 Å². The average molecular weight is 460 g/mol. The summed E-state index contributed by atoms with van der Waals surface area (Å²) >= 11 is 0. The van der Waals surface area contributed by atoms with Gasteiger partial charge in [-0.15, -0.1) is 0 Å². The topological polar surface area (TPSA) is 93.9 Å². The molecule has 0 saturated heterocycles. The lowest BCUT2D eigenvalue weighted by molar-refractivity contribution is -0.385. The quantitative estimate of drug-likeness (QED) is 0.427. The molecule has 2 aliphatic heterocycles. The molecule has 34 heavy (non-hydrogen) atoms. The number of aryl methyl sites for hydroxylation is 1. The molecular weight excluding hydrogens is 434 g/mol. The first-order valence-electron chi connectivity index (χ1n) is 11.1. The van der Waals surface area contributed by atoms with Crippen molar-refractivity contribution >= 4 is 23.0 Å². The summed E-state index contributed by atoms with van der Waals surface area (Å²) in [6.45, 7) is 2.97. The maximum Gasteiger partial charge on any atom is 0.270 e. The molecule has 0 spiro atoms. The molecule has 0 fully saturated rings. The number of hydrogen-bond donors (Lipinski definition) is 1. The van der Waals surface area contributed by atoms with Crippen LogP contribution in [-0.4, -0.2) is 30.5 Å². The van der Waals surface area contributed by atoms with Gasteiger partial charge in [-0.25, -0.2) is 0 Å². The fourth-order valence-corrected chi connectivity index (χ4v) is 4.77. The number of carbonyl (C=O) groups excluding carboxylic acids is 1. The summed E-state index contributed by atoms with van der Waals surface area (Å²) in [5, 5.41) is 14.7. The van der Waals surface area contributed by atoms with Gasteiger partial charge in [0, 0.05) is 37.5 Å². The Balaban J connectivity index is 1.41. The van der Waals surface area contributed by atoms with E-state index in [0.29, 0.717) is 29.0 Å². The predicted molar refractivity (Wildman–Crippen MR) is 129 cm³/mol. The van der Waals surface area contributed by atoms with Crippen LogP contribution in [0.25, 0.3) is 0 Å². The number of nitrogens with zero attached hydrogens (tertiary/aromatic N) is 2. The minimum absolute atomic E-state index is 0.0000602. The Morgan fingerprint density at radius 3 is 2.65 bits per heavy atom.